The number of rotatable bonds is 4. The average molecular weight is 243 g/mol. The molecule has 1 aliphatic rings. The van der Waals surface area contributed by atoms with Gasteiger partial charge in [-0.1, -0.05) is 0 Å². The minimum absolute atomic E-state index is 0.105. The van der Waals surface area contributed by atoms with E-state index in [1.165, 1.54) is 18.5 Å². The van der Waals surface area contributed by atoms with Crippen molar-refractivity contribution in [3.63, 3.8) is 0 Å². The molecule has 0 spiro atoms. The van der Waals surface area contributed by atoms with Crippen LogP contribution in [-0.2, 0) is 29.4 Å². The van der Waals surface area contributed by atoms with Gasteiger partial charge in [0, 0.05) is 5.69 Å². The molecule has 2 N–H and O–H groups in total. The monoisotopic (exact) mass is 243 g/mol. The zero-order valence-electron chi connectivity index (χ0n) is 9.41. The minimum atomic E-state index is -3.13. The summed E-state index contributed by atoms with van der Waals surface area (Å²) in [6.45, 7) is 1.89. The lowest BCUT2D eigenvalue weighted by Crippen LogP contribution is -2.25. The van der Waals surface area contributed by atoms with Crippen molar-refractivity contribution in [1.29, 1.82) is 0 Å². The fraction of sp³-hybridized carbons (Fsp3) is 0.700. The van der Waals surface area contributed by atoms with E-state index in [0.717, 1.165) is 24.4 Å². The zero-order chi connectivity index (χ0) is 11.6. The number of aryl methyl sites for hydroxylation is 2. The highest BCUT2D eigenvalue weighted by Crippen LogP contribution is 2.18. The Balaban J connectivity index is 2.03. The number of aromatic nitrogens is 2. The van der Waals surface area contributed by atoms with Gasteiger partial charge in [-0.2, -0.15) is 0 Å². The molecule has 0 radical (unpaired) electrons. The van der Waals surface area contributed by atoms with Crippen LogP contribution in [0.4, 0.5) is 0 Å². The van der Waals surface area contributed by atoms with Crippen LogP contribution in [0.5, 0.6) is 0 Å². The van der Waals surface area contributed by atoms with Gasteiger partial charge in [0.15, 0.2) is 0 Å². The van der Waals surface area contributed by atoms with Crippen molar-refractivity contribution in [2.75, 3.05) is 5.75 Å². The summed E-state index contributed by atoms with van der Waals surface area (Å²) < 4.78 is 25.0. The molecule has 6 heteroatoms. The second-order valence-corrected chi connectivity index (χ2v) is 6.14. The fourth-order valence-corrected chi connectivity index (χ4v) is 2.44. The van der Waals surface area contributed by atoms with Gasteiger partial charge < -0.3 is 4.98 Å². The number of fused-ring (bicyclic) bond motifs is 1. The maximum Gasteiger partial charge on any atom is 0.211 e. The largest absolute Gasteiger partial charge is 0.345 e. The van der Waals surface area contributed by atoms with Crippen molar-refractivity contribution < 1.29 is 8.42 Å². The summed E-state index contributed by atoms with van der Waals surface area (Å²) in [6, 6.07) is 0. The molecule has 90 valence electrons. The third-order valence-corrected chi connectivity index (χ3v) is 4.19. The van der Waals surface area contributed by atoms with Crippen LogP contribution in [0.1, 0.15) is 37.0 Å². The second-order valence-electron chi connectivity index (χ2n) is 4.04. The molecule has 1 aliphatic carbocycles. The molecule has 0 unspecified atom stereocenters. The molecule has 0 aromatic carbocycles. The number of imidazole rings is 1. The van der Waals surface area contributed by atoms with Gasteiger partial charge in [-0.25, -0.2) is 18.1 Å². The number of hydrogen-bond acceptors (Lipinski definition) is 3. The fourth-order valence-electron chi connectivity index (χ4n) is 1.88. The van der Waals surface area contributed by atoms with E-state index in [1.807, 2.05) is 0 Å². The Morgan fingerprint density at radius 2 is 2.12 bits per heavy atom. The van der Waals surface area contributed by atoms with Crippen LogP contribution >= 0.6 is 0 Å². The maximum absolute atomic E-state index is 11.3. The molecule has 0 fully saturated rings. The number of sulfonamides is 1. The Morgan fingerprint density at radius 1 is 1.38 bits per heavy atom. The molecule has 1 aromatic heterocycles. The predicted octanol–water partition coefficient (Wildman–Crippen LogP) is 0.728. The van der Waals surface area contributed by atoms with Gasteiger partial charge >= 0.3 is 0 Å². The van der Waals surface area contributed by atoms with Crippen LogP contribution in [0.3, 0.4) is 0 Å². The number of nitrogens with zero attached hydrogens (tertiary/aromatic N) is 1. The highest BCUT2D eigenvalue weighted by molar-refractivity contribution is 7.89. The van der Waals surface area contributed by atoms with Gasteiger partial charge in [0.2, 0.25) is 10.0 Å². The lowest BCUT2D eigenvalue weighted by Gasteiger charge is -2.07. The van der Waals surface area contributed by atoms with Crippen molar-refractivity contribution in [1.82, 2.24) is 14.7 Å². The summed E-state index contributed by atoms with van der Waals surface area (Å²) in [7, 11) is -3.13. The Hall–Kier alpha value is -0.880. The van der Waals surface area contributed by atoms with Crippen molar-refractivity contribution in [2.45, 2.75) is 39.2 Å². The van der Waals surface area contributed by atoms with E-state index in [4.69, 9.17) is 0 Å². The molecule has 0 amide bonds. The Labute approximate surface area is 95.7 Å². The summed E-state index contributed by atoms with van der Waals surface area (Å²) >= 11 is 0. The van der Waals surface area contributed by atoms with Gasteiger partial charge in [-0.05, 0) is 32.6 Å². The first kappa shape index (κ1) is 11.6. The average Bonchev–Trinajstić information content (AvgIpc) is 2.69. The third-order valence-electron chi connectivity index (χ3n) is 2.84. The quantitative estimate of drug-likeness (QED) is 0.818. The van der Waals surface area contributed by atoms with Gasteiger partial charge in [0.05, 0.1) is 18.0 Å². The summed E-state index contributed by atoms with van der Waals surface area (Å²) in [4.78, 5) is 7.60. The Bertz CT molecular complexity index is 441. The Kier molecular flexibility index (Phi) is 3.30. The van der Waals surface area contributed by atoms with Crippen LogP contribution in [0.2, 0.25) is 0 Å². The molecule has 0 bridgehead atoms. The number of H-pyrrole nitrogens is 1. The molecule has 2 rings (SSSR count). The van der Waals surface area contributed by atoms with Gasteiger partial charge in [0.1, 0.15) is 5.82 Å². The maximum atomic E-state index is 11.3. The summed E-state index contributed by atoms with van der Waals surface area (Å²) in [5, 5.41) is 0. The first-order chi connectivity index (χ1) is 7.61. The number of aromatic amines is 1. The topological polar surface area (TPSA) is 74.8 Å². The summed E-state index contributed by atoms with van der Waals surface area (Å²) in [5.74, 6) is 0.830. The van der Waals surface area contributed by atoms with Crippen LogP contribution in [0, 0.1) is 0 Å². The van der Waals surface area contributed by atoms with Gasteiger partial charge in [-0.15, -0.1) is 0 Å². The molecular weight excluding hydrogens is 226 g/mol. The molecule has 16 heavy (non-hydrogen) atoms. The number of hydrogen-bond donors (Lipinski definition) is 2. The molecule has 0 saturated heterocycles. The highest BCUT2D eigenvalue weighted by Gasteiger charge is 2.15. The van der Waals surface area contributed by atoms with Gasteiger partial charge in [-0.3, -0.25) is 0 Å². The molecule has 0 aliphatic heterocycles. The minimum Gasteiger partial charge on any atom is -0.345 e. The van der Waals surface area contributed by atoms with Gasteiger partial charge in [0.25, 0.3) is 0 Å². The van der Waals surface area contributed by atoms with Crippen molar-refractivity contribution in [3.05, 3.63) is 17.2 Å². The lowest BCUT2D eigenvalue weighted by molar-refractivity contribution is 0.581. The van der Waals surface area contributed by atoms with Crippen molar-refractivity contribution >= 4 is 10.0 Å². The van der Waals surface area contributed by atoms with Crippen LogP contribution in [-0.4, -0.2) is 24.1 Å². The van der Waals surface area contributed by atoms with Crippen molar-refractivity contribution in [2.24, 2.45) is 0 Å². The highest BCUT2D eigenvalue weighted by atomic mass is 32.2. The molecule has 5 nitrogen and oxygen atoms in total. The van der Waals surface area contributed by atoms with E-state index in [0.29, 0.717) is 0 Å². The van der Waals surface area contributed by atoms with Crippen LogP contribution in [0.25, 0.3) is 0 Å². The zero-order valence-corrected chi connectivity index (χ0v) is 10.2. The summed E-state index contributed by atoms with van der Waals surface area (Å²) in [5.41, 5.74) is 2.29. The molecule has 1 aromatic rings. The lowest BCUT2D eigenvalue weighted by atomic mass is 10.0. The predicted molar refractivity (Wildman–Crippen MR) is 61.5 cm³/mol. The van der Waals surface area contributed by atoms with Crippen LogP contribution in [0.15, 0.2) is 0 Å². The van der Waals surface area contributed by atoms with E-state index >= 15 is 0 Å². The SMILES string of the molecule is CCS(=O)(=O)NCc1nc2c([nH]1)CCCC2. The third kappa shape index (κ3) is 2.62. The van der Waals surface area contributed by atoms with E-state index in [1.54, 1.807) is 6.92 Å². The van der Waals surface area contributed by atoms with E-state index in [9.17, 15) is 8.42 Å². The molecular formula is C10H17N3O2S. The molecule has 1 heterocycles. The van der Waals surface area contributed by atoms with Crippen molar-refractivity contribution in [3.8, 4) is 0 Å². The number of nitrogens with one attached hydrogen (secondary N) is 2. The van der Waals surface area contributed by atoms with E-state index in [-0.39, 0.29) is 12.3 Å². The normalized spacial score (nSPS) is 16.1. The second kappa shape index (κ2) is 4.55. The van der Waals surface area contributed by atoms with E-state index in [2.05, 4.69) is 14.7 Å². The smallest absolute Gasteiger partial charge is 0.211 e. The summed E-state index contributed by atoms with van der Waals surface area (Å²) in [6.07, 6.45) is 4.41. The molecule has 0 saturated carbocycles. The molecule has 0 atom stereocenters. The standard InChI is InChI=1S/C10H17N3O2S/c1-2-16(14,15)11-7-10-12-8-5-3-4-6-9(8)13-10/h11H,2-7H2,1H3,(H,12,13). The first-order valence-electron chi connectivity index (χ1n) is 5.64. The van der Waals surface area contributed by atoms with Crippen LogP contribution < -0.4 is 4.72 Å². The van der Waals surface area contributed by atoms with E-state index < -0.39 is 10.0 Å². The first-order valence-corrected chi connectivity index (χ1v) is 7.30. The Morgan fingerprint density at radius 3 is 2.81 bits per heavy atom.